The van der Waals surface area contributed by atoms with E-state index in [1.807, 2.05) is 0 Å². The number of amides is 3. The molecule has 1 fully saturated rings. The number of nitrogens with zero attached hydrogens (tertiary/aromatic N) is 1. The molecule has 13 nitrogen and oxygen atoms in total. The Morgan fingerprint density at radius 2 is 1.94 bits per heavy atom. The quantitative estimate of drug-likeness (QED) is 0.178. The van der Waals surface area contributed by atoms with Gasteiger partial charge in [-0.05, 0) is 18.6 Å². The zero-order chi connectivity index (χ0) is 26.1. The summed E-state index contributed by atoms with van der Waals surface area (Å²) >= 11 is 0. The first-order valence-electron chi connectivity index (χ1n) is 11.1. The monoisotopic (exact) mass is 506 g/mol. The molecule has 0 saturated carbocycles. The Morgan fingerprint density at radius 3 is 2.64 bits per heavy atom. The molecule has 194 valence electrons. The highest BCUT2D eigenvalue weighted by atomic mass is 16.7. The third-order valence-corrected chi connectivity index (χ3v) is 5.26. The lowest BCUT2D eigenvalue weighted by molar-refractivity contribution is -0.195. The molecule has 0 spiro atoms. The molecule has 0 aromatic heterocycles. The van der Waals surface area contributed by atoms with Gasteiger partial charge in [-0.25, -0.2) is 4.79 Å². The van der Waals surface area contributed by atoms with E-state index in [1.54, 1.807) is 12.1 Å². The minimum Gasteiger partial charge on any atom is -0.493 e. The summed E-state index contributed by atoms with van der Waals surface area (Å²) in [5.74, 6) is -2.18. The van der Waals surface area contributed by atoms with Crippen molar-refractivity contribution in [2.75, 3.05) is 19.7 Å². The summed E-state index contributed by atoms with van der Waals surface area (Å²) in [4.78, 5) is 57.6. The number of aliphatic hydroxyl groups is 1. The predicted molar refractivity (Wildman–Crippen MR) is 118 cm³/mol. The molecule has 3 amide bonds. The fraction of sp³-hybridized carbons (Fsp3) is 0.435. The summed E-state index contributed by atoms with van der Waals surface area (Å²) in [7, 11) is 0. The lowest BCUT2D eigenvalue weighted by Crippen LogP contribution is -2.42. The zero-order valence-electron chi connectivity index (χ0n) is 19.2. The second kappa shape index (κ2) is 12.7. The minimum atomic E-state index is -1.20. The van der Waals surface area contributed by atoms with Crippen LogP contribution in [0.1, 0.15) is 24.8 Å². The van der Waals surface area contributed by atoms with Crippen molar-refractivity contribution in [3.63, 3.8) is 0 Å². The maximum Gasteiger partial charge on any atom is 0.333 e. The number of imide groups is 1. The Hall–Kier alpha value is -3.97. The van der Waals surface area contributed by atoms with E-state index in [9.17, 15) is 29.1 Å². The average molecular weight is 506 g/mol. The highest BCUT2D eigenvalue weighted by Gasteiger charge is 2.34. The molecule has 1 aromatic carbocycles. The van der Waals surface area contributed by atoms with Crippen LogP contribution < -0.4 is 14.8 Å². The number of benzene rings is 1. The Kier molecular flexibility index (Phi) is 9.36. The molecule has 3 N–H and O–H groups in total. The Morgan fingerprint density at radius 1 is 1.19 bits per heavy atom. The number of aliphatic hydroxyl groups excluding tert-OH is 1. The predicted octanol–water partition coefficient (Wildman–Crippen LogP) is -0.501. The SMILES string of the molecule is O=COCc1ccc(OC2CC(O)C[C@@H](C(=O)O)O2)cc1OCCCNC(=O)CN1C(=O)C=CC1=O. The molecule has 0 bridgehead atoms. The van der Waals surface area contributed by atoms with Gasteiger partial charge in [-0.15, -0.1) is 0 Å². The molecule has 0 aliphatic carbocycles. The third-order valence-electron chi connectivity index (χ3n) is 5.26. The number of rotatable bonds is 13. The highest BCUT2D eigenvalue weighted by molar-refractivity contribution is 6.14. The van der Waals surface area contributed by atoms with Crippen molar-refractivity contribution in [1.29, 1.82) is 0 Å². The number of ether oxygens (including phenoxy) is 4. The molecule has 2 heterocycles. The summed E-state index contributed by atoms with van der Waals surface area (Å²) in [6.45, 7) is 0.211. The number of nitrogens with one attached hydrogen (secondary N) is 1. The van der Waals surface area contributed by atoms with E-state index in [1.165, 1.54) is 6.07 Å². The van der Waals surface area contributed by atoms with Crippen LogP contribution in [0.25, 0.3) is 0 Å². The molecule has 3 rings (SSSR count). The summed E-state index contributed by atoms with van der Waals surface area (Å²) < 4.78 is 21.6. The first kappa shape index (κ1) is 26.6. The minimum absolute atomic E-state index is 0.0381. The second-order valence-electron chi connectivity index (χ2n) is 7.96. The summed E-state index contributed by atoms with van der Waals surface area (Å²) in [5.41, 5.74) is 0.532. The van der Waals surface area contributed by atoms with Crippen molar-refractivity contribution >= 4 is 30.2 Å². The maximum atomic E-state index is 12.0. The van der Waals surface area contributed by atoms with Crippen molar-refractivity contribution in [2.24, 2.45) is 0 Å². The smallest absolute Gasteiger partial charge is 0.333 e. The molecule has 1 aromatic rings. The molecule has 36 heavy (non-hydrogen) atoms. The van der Waals surface area contributed by atoms with Crippen LogP contribution in [0.3, 0.4) is 0 Å². The lowest BCUT2D eigenvalue weighted by atomic mass is 10.1. The van der Waals surface area contributed by atoms with Crippen LogP contribution in [-0.2, 0) is 40.1 Å². The van der Waals surface area contributed by atoms with Gasteiger partial charge in [0.25, 0.3) is 18.3 Å². The molecule has 2 unspecified atom stereocenters. The van der Waals surface area contributed by atoms with Crippen molar-refractivity contribution < 1.29 is 53.1 Å². The van der Waals surface area contributed by atoms with Crippen LogP contribution in [-0.4, -0.2) is 83.5 Å². The van der Waals surface area contributed by atoms with Gasteiger partial charge < -0.3 is 34.5 Å². The zero-order valence-corrected chi connectivity index (χ0v) is 19.2. The Bertz CT molecular complexity index is 1010. The summed E-state index contributed by atoms with van der Waals surface area (Å²) in [6.07, 6.45) is -0.454. The van der Waals surface area contributed by atoms with Crippen molar-refractivity contribution in [3.8, 4) is 11.5 Å². The van der Waals surface area contributed by atoms with Crippen LogP contribution in [0, 0.1) is 0 Å². The lowest BCUT2D eigenvalue weighted by Gasteiger charge is -2.31. The van der Waals surface area contributed by atoms with Gasteiger partial charge >= 0.3 is 5.97 Å². The van der Waals surface area contributed by atoms with Gasteiger partial charge in [-0.1, -0.05) is 0 Å². The van der Waals surface area contributed by atoms with Crippen LogP contribution in [0.5, 0.6) is 11.5 Å². The number of carboxylic acid groups (broad SMARTS) is 1. The first-order valence-corrected chi connectivity index (χ1v) is 11.1. The van der Waals surface area contributed by atoms with Crippen molar-refractivity contribution in [1.82, 2.24) is 10.2 Å². The first-order chi connectivity index (χ1) is 17.3. The molecular formula is C23H26N2O11. The molecular weight excluding hydrogens is 480 g/mol. The van der Waals surface area contributed by atoms with Gasteiger partial charge in [0.05, 0.1) is 12.7 Å². The third kappa shape index (κ3) is 7.52. The molecule has 0 radical (unpaired) electrons. The maximum absolute atomic E-state index is 12.0. The standard InChI is InChI=1S/C23H26N2O11/c26-13-33-12-14-2-3-16(35-22-9-15(27)8-18(36-22)23(31)32)10-17(14)34-7-1-6-24-19(28)11-25-20(29)4-5-21(25)30/h2-5,10,13,15,18,22,27H,1,6-9,11-12H2,(H,24,28)(H,31,32)/t15?,18-,22?/m0/s1. The number of hydrogen-bond donors (Lipinski definition) is 3. The van der Waals surface area contributed by atoms with Crippen LogP contribution in [0.4, 0.5) is 0 Å². The topological polar surface area (TPSA) is 178 Å². The van der Waals surface area contributed by atoms with Crippen molar-refractivity contribution in [2.45, 2.75) is 44.4 Å². The Labute approximate surface area is 205 Å². The molecule has 13 heteroatoms. The van der Waals surface area contributed by atoms with E-state index >= 15 is 0 Å². The number of carbonyl (C=O) groups excluding carboxylic acids is 4. The van der Waals surface area contributed by atoms with Crippen LogP contribution in [0.2, 0.25) is 0 Å². The van der Waals surface area contributed by atoms with E-state index in [-0.39, 0.29) is 44.9 Å². The molecule has 3 atom stereocenters. The summed E-state index contributed by atoms with van der Waals surface area (Å²) in [6, 6.07) is 4.67. The summed E-state index contributed by atoms with van der Waals surface area (Å²) in [5, 5.41) is 21.7. The number of aliphatic carboxylic acids is 1. The average Bonchev–Trinajstić information content (AvgIpc) is 3.15. The normalized spacial score (nSPS) is 21.2. The molecule has 2 aliphatic heterocycles. The van der Waals surface area contributed by atoms with Crippen LogP contribution in [0.15, 0.2) is 30.4 Å². The van der Waals surface area contributed by atoms with Gasteiger partial charge in [0, 0.05) is 43.2 Å². The van der Waals surface area contributed by atoms with E-state index in [0.29, 0.717) is 24.2 Å². The number of carboxylic acids is 1. The fourth-order valence-electron chi connectivity index (χ4n) is 3.50. The van der Waals surface area contributed by atoms with E-state index < -0.39 is 42.2 Å². The van der Waals surface area contributed by atoms with Crippen molar-refractivity contribution in [3.05, 3.63) is 35.9 Å². The number of hydrogen-bond acceptors (Lipinski definition) is 10. The van der Waals surface area contributed by atoms with Gasteiger partial charge in [-0.2, -0.15) is 0 Å². The molecule has 1 saturated heterocycles. The van der Waals surface area contributed by atoms with Gasteiger partial charge in [-0.3, -0.25) is 24.1 Å². The highest BCUT2D eigenvalue weighted by Crippen LogP contribution is 2.29. The fourth-order valence-corrected chi connectivity index (χ4v) is 3.50. The van der Waals surface area contributed by atoms with Crippen LogP contribution >= 0.6 is 0 Å². The van der Waals surface area contributed by atoms with Gasteiger partial charge in [0.2, 0.25) is 12.2 Å². The largest absolute Gasteiger partial charge is 0.493 e. The van der Waals surface area contributed by atoms with E-state index in [2.05, 4.69) is 5.32 Å². The van der Waals surface area contributed by atoms with E-state index in [0.717, 1.165) is 17.1 Å². The Balaban J connectivity index is 1.51. The number of carbonyl (C=O) groups is 5. The van der Waals surface area contributed by atoms with Gasteiger partial charge in [0.15, 0.2) is 6.10 Å². The molecule has 2 aliphatic rings. The van der Waals surface area contributed by atoms with E-state index in [4.69, 9.17) is 24.1 Å². The second-order valence-corrected chi connectivity index (χ2v) is 7.96. The van der Waals surface area contributed by atoms with Gasteiger partial charge in [0.1, 0.15) is 24.7 Å².